The van der Waals surface area contributed by atoms with Gasteiger partial charge in [-0.25, -0.2) is 4.68 Å². The molecule has 6 heteroatoms. The third-order valence-electron chi connectivity index (χ3n) is 4.11. The van der Waals surface area contributed by atoms with Crippen LogP contribution in [0, 0.1) is 0 Å². The van der Waals surface area contributed by atoms with Crippen LogP contribution in [0.1, 0.15) is 22.1 Å². The molecule has 4 rings (SSSR count). The lowest BCUT2D eigenvalue weighted by atomic mass is 10.1. The van der Waals surface area contributed by atoms with E-state index < -0.39 is 6.17 Å². The summed E-state index contributed by atoms with van der Waals surface area (Å²) in [5, 5.41) is 11.6. The quantitative estimate of drug-likeness (QED) is 0.553. The molecule has 0 radical (unpaired) electrons. The van der Waals surface area contributed by atoms with Gasteiger partial charge in [-0.2, -0.15) is 0 Å². The maximum Gasteiger partial charge on any atom is 0.253 e. The highest BCUT2D eigenvalue weighted by Crippen LogP contribution is 2.21. The summed E-state index contributed by atoms with van der Waals surface area (Å²) in [6, 6.07) is 24.7. The molecule has 0 aliphatic heterocycles. The molecule has 0 bridgehead atoms. The van der Waals surface area contributed by atoms with Crippen molar-refractivity contribution >= 4 is 32.9 Å². The first kappa shape index (κ1) is 16.5. The number of para-hydroxylation sites is 1. The Kier molecular flexibility index (Phi) is 4.50. The van der Waals surface area contributed by atoms with Gasteiger partial charge in [0.1, 0.15) is 5.52 Å². The number of benzene rings is 3. The first-order valence-electron chi connectivity index (χ1n) is 8.14. The predicted octanol–water partition coefficient (Wildman–Crippen LogP) is 4.17. The Morgan fingerprint density at radius 3 is 2.38 bits per heavy atom. The summed E-state index contributed by atoms with van der Waals surface area (Å²) in [7, 11) is 0. The van der Waals surface area contributed by atoms with Crippen molar-refractivity contribution in [2.24, 2.45) is 0 Å². The molecule has 0 aliphatic carbocycles. The van der Waals surface area contributed by atoms with E-state index in [-0.39, 0.29) is 5.91 Å². The second kappa shape index (κ2) is 7.09. The standard InChI is InChI=1S/C20H15BrN4O/c21-16-12-10-15(11-13-16)20(26)22-19(14-6-2-1-3-7-14)25-18-9-5-4-8-17(18)23-24-25/h1-13,19H,(H,22,26). The van der Waals surface area contributed by atoms with Crippen molar-refractivity contribution < 1.29 is 4.79 Å². The molecule has 1 amide bonds. The summed E-state index contributed by atoms with van der Waals surface area (Å²) in [5.41, 5.74) is 3.15. The van der Waals surface area contributed by atoms with Gasteiger partial charge in [-0.3, -0.25) is 4.79 Å². The molecule has 5 nitrogen and oxygen atoms in total. The monoisotopic (exact) mass is 406 g/mol. The van der Waals surface area contributed by atoms with Crippen molar-refractivity contribution in [2.75, 3.05) is 0 Å². The minimum Gasteiger partial charge on any atom is -0.326 e. The zero-order valence-electron chi connectivity index (χ0n) is 13.7. The van der Waals surface area contributed by atoms with Gasteiger partial charge in [0.25, 0.3) is 5.91 Å². The van der Waals surface area contributed by atoms with Gasteiger partial charge in [-0.05, 0) is 42.0 Å². The molecule has 1 atom stereocenters. The minimum absolute atomic E-state index is 0.175. The van der Waals surface area contributed by atoms with Gasteiger partial charge in [0.05, 0.1) is 5.52 Å². The molecular weight excluding hydrogens is 392 g/mol. The van der Waals surface area contributed by atoms with Crippen molar-refractivity contribution in [2.45, 2.75) is 6.17 Å². The average Bonchev–Trinajstić information content (AvgIpc) is 3.11. The topological polar surface area (TPSA) is 59.8 Å². The van der Waals surface area contributed by atoms with Crippen molar-refractivity contribution in [3.8, 4) is 0 Å². The highest BCUT2D eigenvalue weighted by Gasteiger charge is 2.20. The summed E-state index contributed by atoms with van der Waals surface area (Å²) >= 11 is 3.39. The van der Waals surface area contributed by atoms with Crippen molar-refractivity contribution in [1.29, 1.82) is 0 Å². The lowest BCUT2D eigenvalue weighted by Gasteiger charge is -2.20. The SMILES string of the molecule is O=C(NC(c1ccccc1)n1nnc2ccccc21)c1ccc(Br)cc1. The molecule has 0 aliphatic rings. The first-order chi connectivity index (χ1) is 12.7. The second-order valence-electron chi connectivity index (χ2n) is 5.82. The Hall–Kier alpha value is -2.99. The number of carbonyl (C=O) groups excluding carboxylic acids is 1. The summed E-state index contributed by atoms with van der Waals surface area (Å²) in [5.74, 6) is -0.175. The van der Waals surface area contributed by atoms with E-state index in [9.17, 15) is 4.79 Å². The fraction of sp³-hybridized carbons (Fsp3) is 0.0500. The summed E-state index contributed by atoms with van der Waals surface area (Å²) in [6.07, 6.45) is -0.459. The van der Waals surface area contributed by atoms with Crippen molar-refractivity contribution in [1.82, 2.24) is 20.3 Å². The van der Waals surface area contributed by atoms with Crippen LogP contribution in [0.25, 0.3) is 11.0 Å². The molecule has 4 aromatic rings. The molecular formula is C20H15BrN4O. The number of amides is 1. The van der Waals surface area contributed by atoms with Crippen molar-refractivity contribution in [3.05, 3.63) is 94.5 Å². The molecule has 0 saturated carbocycles. The molecule has 0 fully saturated rings. The van der Waals surface area contributed by atoms with Gasteiger partial charge < -0.3 is 5.32 Å². The Balaban J connectivity index is 1.74. The number of hydrogen-bond donors (Lipinski definition) is 1. The smallest absolute Gasteiger partial charge is 0.253 e. The third-order valence-corrected chi connectivity index (χ3v) is 4.64. The maximum absolute atomic E-state index is 12.8. The molecule has 1 N–H and O–H groups in total. The van der Waals surface area contributed by atoms with Gasteiger partial charge in [0.15, 0.2) is 6.17 Å². The number of nitrogens with zero attached hydrogens (tertiary/aromatic N) is 3. The van der Waals surface area contributed by atoms with Crippen LogP contribution in [-0.4, -0.2) is 20.9 Å². The third kappa shape index (κ3) is 3.23. The van der Waals surface area contributed by atoms with Crippen LogP contribution in [0.5, 0.6) is 0 Å². The fourth-order valence-corrected chi connectivity index (χ4v) is 3.07. The Labute approximate surface area is 158 Å². The molecule has 128 valence electrons. The molecule has 1 heterocycles. The van der Waals surface area contributed by atoms with E-state index >= 15 is 0 Å². The van der Waals surface area contributed by atoms with E-state index in [4.69, 9.17) is 0 Å². The lowest BCUT2D eigenvalue weighted by molar-refractivity contribution is 0.0927. The highest BCUT2D eigenvalue weighted by atomic mass is 79.9. The van der Waals surface area contributed by atoms with Gasteiger partial charge in [0.2, 0.25) is 0 Å². The molecule has 1 aromatic heterocycles. The van der Waals surface area contributed by atoms with E-state index in [1.54, 1.807) is 16.8 Å². The van der Waals surface area contributed by atoms with Crippen LogP contribution in [0.15, 0.2) is 83.3 Å². The van der Waals surface area contributed by atoms with Crippen LogP contribution in [0.4, 0.5) is 0 Å². The molecule has 1 unspecified atom stereocenters. The molecule has 3 aromatic carbocycles. The van der Waals surface area contributed by atoms with Crippen LogP contribution in [0.3, 0.4) is 0 Å². The Bertz CT molecular complexity index is 1040. The Morgan fingerprint density at radius 2 is 1.62 bits per heavy atom. The van der Waals surface area contributed by atoms with Gasteiger partial charge in [-0.1, -0.05) is 63.6 Å². The van der Waals surface area contributed by atoms with E-state index in [1.165, 1.54) is 0 Å². The minimum atomic E-state index is -0.459. The number of fused-ring (bicyclic) bond motifs is 1. The normalized spacial score (nSPS) is 12.0. The number of rotatable bonds is 4. The number of carbonyl (C=O) groups is 1. The highest BCUT2D eigenvalue weighted by molar-refractivity contribution is 9.10. The maximum atomic E-state index is 12.8. The van der Waals surface area contributed by atoms with E-state index in [2.05, 4.69) is 31.6 Å². The Morgan fingerprint density at radius 1 is 0.923 bits per heavy atom. The zero-order valence-corrected chi connectivity index (χ0v) is 15.3. The van der Waals surface area contributed by atoms with Crippen LogP contribution < -0.4 is 5.32 Å². The summed E-state index contributed by atoms with van der Waals surface area (Å²) in [6.45, 7) is 0. The van der Waals surface area contributed by atoms with Gasteiger partial charge in [0, 0.05) is 10.0 Å². The lowest BCUT2D eigenvalue weighted by Crippen LogP contribution is -2.33. The molecule has 26 heavy (non-hydrogen) atoms. The molecule has 0 spiro atoms. The van der Waals surface area contributed by atoms with Gasteiger partial charge >= 0.3 is 0 Å². The number of halogens is 1. The fourth-order valence-electron chi connectivity index (χ4n) is 2.81. The zero-order chi connectivity index (χ0) is 17.9. The van der Waals surface area contributed by atoms with Crippen LogP contribution >= 0.6 is 15.9 Å². The number of hydrogen-bond acceptors (Lipinski definition) is 3. The molecule has 0 saturated heterocycles. The first-order valence-corrected chi connectivity index (χ1v) is 8.93. The summed E-state index contributed by atoms with van der Waals surface area (Å²) < 4.78 is 2.66. The number of aromatic nitrogens is 3. The largest absolute Gasteiger partial charge is 0.326 e. The summed E-state index contributed by atoms with van der Waals surface area (Å²) in [4.78, 5) is 12.8. The van der Waals surface area contributed by atoms with E-state index in [0.29, 0.717) is 5.56 Å². The van der Waals surface area contributed by atoms with Crippen LogP contribution in [0.2, 0.25) is 0 Å². The second-order valence-corrected chi connectivity index (χ2v) is 6.73. The predicted molar refractivity (Wildman–Crippen MR) is 104 cm³/mol. The van der Waals surface area contributed by atoms with E-state index in [0.717, 1.165) is 21.1 Å². The van der Waals surface area contributed by atoms with Crippen LogP contribution in [-0.2, 0) is 0 Å². The average molecular weight is 407 g/mol. The van der Waals surface area contributed by atoms with Crippen molar-refractivity contribution in [3.63, 3.8) is 0 Å². The number of nitrogens with one attached hydrogen (secondary N) is 1. The van der Waals surface area contributed by atoms with Gasteiger partial charge in [-0.15, -0.1) is 5.10 Å². The van der Waals surface area contributed by atoms with E-state index in [1.807, 2.05) is 66.7 Å².